The molecule has 0 bridgehead atoms. The number of nitrogens with zero attached hydrogens (tertiary/aromatic N) is 2. The van der Waals surface area contributed by atoms with Gasteiger partial charge in [0, 0.05) is 31.0 Å². The molecule has 0 aliphatic carbocycles. The molecular formula is C28H33FN3NaO5. The smallest absolute Gasteiger partial charge is 0.550 e. The SMILES string of the molecule is CC(C)c1c(C(=O)NCCc2ccccc2)nc(-c2ccc(F)cc2)n1CC[C@@H](O)C[C@@H](O)CC(=O)[O-].[Na+]. The first-order valence-corrected chi connectivity index (χ1v) is 12.4. The Kier molecular flexibility index (Phi) is 12.6. The summed E-state index contributed by atoms with van der Waals surface area (Å²) in [6, 6.07) is 15.6. The Morgan fingerprint density at radius 2 is 1.71 bits per heavy atom. The molecule has 3 aromatic rings. The van der Waals surface area contributed by atoms with Crippen molar-refractivity contribution < 1.29 is 58.9 Å². The molecule has 1 aromatic heterocycles. The first-order valence-electron chi connectivity index (χ1n) is 12.4. The number of halogens is 1. The summed E-state index contributed by atoms with van der Waals surface area (Å²) in [5.74, 6) is -1.76. The van der Waals surface area contributed by atoms with Crippen LogP contribution in [0.4, 0.5) is 4.39 Å². The number of benzene rings is 2. The van der Waals surface area contributed by atoms with Crippen molar-refractivity contribution in [3.8, 4) is 11.4 Å². The Morgan fingerprint density at radius 3 is 2.32 bits per heavy atom. The number of rotatable bonds is 13. The zero-order valence-electron chi connectivity index (χ0n) is 22.1. The average Bonchev–Trinajstić information content (AvgIpc) is 3.23. The minimum Gasteiger partial charge on any atom is -0.550 e. The summed E-state index contributed by atoms with van der Waals surface area (Å²) in [5, 5.41) is 33.9. The fraction of sp³-hybridized carbons (Fsp3) is 0.393. The summed E-state index contributed by atoms with van der Waals surface area (Å²) in [4.78, 5) is 28.6. The number of hydrogen-bond acceptors (Lipinski definition) is 6. The molecule has 8 nitrogen and oxygen atoms in total. The topological polar surface area (TPSA) is 128 Å². The van der Waals surface area contributed by atoms with E-state index in [1.165, 1.54) is 12.1 Å². The monoisotopic (exact) mass is 533 g/mol. The molecule has 1 amide bonds. The van der Waals surface area contributed by atoms with Crippen molar-refractivity contribution in [1.82, 2.24) is 14.9 Å². The van der Waals surface area contributed by atoms with Gasteiger partial charge in [-0.15, -0.1) is 0 Å². The molecule has 0 saturated heterocycles. The van der Waals surface area contributed by atoms with E-state index in [2.05, 4.69) is 10.3 Å². The van der Waals surface area contributed by atoms with Crippen LogP contribution in [0.3, 0.4) is 0 Å². The minimum atomic E-state index is -1.39. The number of amides is 1. The van der Waals surface area contributed by atoms with Crippen LogP contribution in [0.15, 0.2) is 54.6 Å². The average molecular weight is 534 g/mol. The van der Waals surface area contributed by atoms with Crippen molar-refractivity contribution in [3.63, 3.8) is 0 Å². The molecule has 0 fully saturated rings. The maximum Gasteiger partial charge on any atom is 1.00 e. The van der Waals surface area contributed by atoms with E-state index in [9.17, 15) is 29.3 Å². The Morgan fingerprint density at radius 1 is 1.05 bits per heavy atom. The van der Waals surface area contributed by atoms with Gasteiger partial charge in [-0.05, 0) is 55.0 Å². The summed E-state index contributed by atoms with van der Waals surface area (Å²) in [5.41, 5.74) is 2.63. The van der Waals surface area contributed by atoms with E-state index in [1.807, 2.05) is 48.7 Å². The van der Waals surface area contributed by atoms with Crippen LogP contribution in [-0.2, 0) is 17.8 Å². The van der Waals surface area contributed by atoms with Crippen LogP contribution in [0.5, 0.6) is 0 Å². The van der Waals surface area contributed by atoms with Gasteiger partial charge in [-0.25, -0.2) is 9.37 Å². The first kappa shape index (κ1) is 31.7. The molecule has 0 unspecified atom stereocenters. The van der Waals surface area contributed by atoms with Crippen LogP contribution in [0.1, 0.15) is 60.8 Å². The molecule has 0 spiro atoms. The Hall–Kier alpha value is -2.56. The maximum absolute atomic E-state index is 13.6. The molecule has 2 atom stereocenters. The summed E-state index contributed by atoms with van der Waals surface area (Å²) in [6.07, 6.45) is -2.05. The molecule has 0 radical (unpaired) electrons. The van der Waals surface area contributed by atoms with Crippen LogP contribution in [-0.4, -0.2) is 50.4 Å². The number of carboxylic acid groups (broad SMARTS) is 1. The number of nitrogens with one attached hydrogen (secondary N) is 1. The fourth-order valence-electron chi connectivity index (χ4n) is 4.30. The maximum atomic E-state index is 13.6. The standard InChI is InChI=1S/C28H34FN3O5.Na/c1-18(2)26-25(28(37)30-14-12-19-6-4-3-5-7-19)31-27(20-8-10-21(29)11-9-20)32(26)15-13-22(33)16-23(34)17-24(35)36;/h3-11,18,22-23,33-34H,12-17H2,1-2H3,(H,30,37)(H,35,36);/q;+1/p-1/t22-,23-;/m1./s1. The summed E-state index contributed by atoms with van der Waals surface area (Å²) in [7, 11) is 0. The molecule has 38 heavy (non-hydrogen) atoms. The Bertz CT molecular complexity index is 1190. The number of aliphatic hydroxyl groups is 2. The normalized spacial score (nSPS) is 12.6. The fourth-order valence-corrected chi connectivity index (χ4v) is 4.30. The van der Waals surface area contributed by atoms with Crippen LogP contribution < -0.4 is 40.0 Å². The summed E-state index contributed by atoms with van der Waals surface area (Å²) in [6.45, 7) is 4.55. The second-order valence-corrected chi connectivity index (χ2v) is 9.38. The van der Waals surface area contributed by atoms with Crippen molar-refractivity contribution in [1.29, 1.82) is 0 Å². The molecule has 3 rings (SSSR count). The van der Waals surface area contributed by atoms with E-state index < -0.39 is 30.4 Å². The molecule has 198 valence electrons. The second-order valence-electron chi connectivity index (χ2n) is 9.38. The van der Waals surface area contributed by atoms with Gasteiger partial charge in [0.2, 0.25) is 0 Å². The second kappa shape index (κ2) is 15.1. The van der Waals surface area contributed by atoms with Crippen LogP contribution in [0.2, 0.25) is 0 Å². The van der Waals surface area contributed by atoms with E-state index in [0.29, 0.717) is 30.0 Å². The van der Waals surface area contributed by atoms with Crippen LogP contribution >= 0.6 is 0 Å². The minimum absolute atomic E-state index is 0. The Balaban J connectivity index is 0.00000507. The van der Waals surface area contributed by atoms with Gasteiger partial charge in [0.05, 0.1) is 17.9 Å². The number of carboxylic acids is 1. The molecule has 0 aliphatic rings. The van der Waals surface area contributed by atoms with Crippen molar-refractivity contribution in [2.75, 3.05) is 6.54 Å². The molecule has 2 aromatic carbocycles. The molecule has 10 heteroatoms. The van der Waals surface area contributed by atoms with E-state index in [0.717, 1.165) is 5.56 Å². The van der Waals surface area contributed by atoms with Crippen molar-refractivity contribution in [2.45, 2.75) is 64.2 Å². The third-order valence-corrected chi connectivity index (χ3v) is 6.05. The number of hydrogen-bond donors (Lipinski definition) is 3. The van der Waals surface area contributed by atoms with Crippen LogP contribution in [0.25, 0.3) is 11.4 Å². The quantitative estimate of drug-likeness (QED) is 0.253. The molecule has 0 saturated carbocycles. The van der Waals surface area contributed by atoms with Crippen molar-refractivity contribution in [3.05, 3.63) is 77.4 Å². The number of carbonyl (C=O) groups excluding carboxylic acids is 2. The number of aliphatic hydroxyl groups excluding tert-OH is 2. The van der Waals surface area contributed by atoms with Gasteiger partial charge in [-0.2, -0.15) is 0 Å². The number of aromatic nitrogens is 2. The van der Waals surface area contributed by atoms with Gasteiger partial charge >= 0.3 is 29.6 Å². The predicted molar refractivity (Wildman–Crippen MR) is 135 cm³/mol. The van der Waals surface area contributed by atoms with Gasteiger partial charge in [-0.3, -0.25) is 4.79 Å². The van der Waals surface area contributed by atoms with E-state index >= 15 is 0 Å². The number of carbonyl (C=O) groups is 2. The van der Waals surface area contributed by atoms with Crippen molar-refractivity contribution >= 4 is 11.9 Å². The van der Waals surface area contributed by atoms with Gasteiger partial charge < -0.3 is 30.0 Å². The summed E-state index contributed by atoms with van der Waals surface area (Å²) < 4.78 is 15.4. The van der Waals surface area contributed by atoms with Gasteiger partial charge in [0.15, 0.2) is 0 Å². The molecular weight excluding hydrogens is 500 g/mol. The molecule has 0 aliphatic heterocycles. The van der Waals surface area contributed by atoms with E-state index in [1.54, 1.807) is 12.1 Å². The summed E-state index contributed by atoms with van der Waals surface area (Å²) >= 11 is 0. The number of aliphatic carboxylic acids is 1. The van der Waals surface area contributed by atoms with E-state index in [-0.39, 0.29) is 66.5 Å². The third kappa shape index (κ3) is 9.03. The number of imidazole rings is 1. The zero-order chi connectivity index (χ0) is 26.9. The molecule has 3 N–H and O–H groups in total. The van der Waals surface area contributed by atoms with Gasteiger partial charge in [0.25, 0.3) is 5.91 Å². The van der Waals surface area contributed by atoms with Crippen molar-refractivity contribution in [2.24, 2.45) is 0 Å². The zero-order valence-corrected chi connectivity index (χ0v) is 24.1. The largest absolute Gasteiger partial charge is 1.00 e. The third-order valence-electron chi connectivity index (χ3n) is 6.05. The molecule has 1 heterocycles. The Labute approximate surface area is 244 Å². The first-order chi connectivity index (χ1) is 17.7. The predicted octanol–water partition coefficient (Wildman–Crippen LogP) is -0.569. The van der Waals surface area contributed by atoms with Gasteiger partial charge in [-0.1, -0.05) is 44.2 Å². The van der Waals surface area contributed by atoms with Gasteiger partial charge in [0.1, 0.15) is 17.3 Å². The van der Waals surface area contributed by atoms with Crippen LogP contribution in [0, 0.1) is 5.82 Å². The van der Waals surface area contributed by atoms with E-state index in [4.69, 9.17) is 0 Å².